The molecule has 0 aromatic heterocycles. The summed E-state index contributed by atoms with van der Waals surface area (Å²) in [6.07, 6.45) is 0.584. The van der Waals surface area contributed by atoms with Gasteiger partial charge in [-0.25, -0.2) is 0 Å². The number of carboxylic acid groups (broad SMARTS) is 1. The van der Waals surface area contributed by atoms with E-state index < -0.39 is 19.6 Å². The van der Waals surface area contributed by atoms with E-state index in [-0.39, 0.29) is 18.5 Å². The lowest BCUT2D eigenvalue weighted by Gasteiger charge is -2.30. The number of carbonyl (C=O) groups is 1. The minimum Gasteiger partial charge on any atom is -0.548 e. The van der Waals surface area contributed by atoms with Crippen molar-refractivity contribution in [1.29, 1.82) is 0 Å². The summed E-state index contributed by atoms with van der Waals surface area (Å²) in [5, 5.41) is 13.2. The van der Waals surface area contributed by atoms with Crippen molar-refractivity contribution in [1.82, 2.24) is 5.32 Å². The summed E-state index contributed by atoms with van der Waals surface area (Å²) in [4.78, 5) is 27.9. The largest absolute Gasteiger partial charge is 0.548 e. The molecule has 1 rings (SSSR count). The van der Waals surface area contributed by atoms with Crippen LogP contribution in [0.1, 0.15) is 12.8 Å². The van der Waals surface area contributed by atoms with E-state index in [2.05, 4.69) is 5.32 Å². The number of carboxylic acids is 1. The molecular formula is C7H13NO5P-. The van der Waals surface area contributed by atoms with Crippen molar-refractivity contribution in [2.24, 2.45) is 5.92 Å². The highest BCUT2D eigenvalue weighted by Gasteiger charge is 2.27. The third-order valence-electron chi connectivity index (χ3n) is 2.29. The molecule has 0 aromatic rings. The summed E-state index contributed by atoms with van der Waals surface area (Å²) in [6, 6.07) is -0.778. The van der Waals surface area contributed by atoms with Gasteiger partial charge in [-0.2, -0.15) is 0 Å². The predicted octanol–water partition coefficient (Wildman–Crippen LogP) is -1.72. The van der Waals surface area contributed by atoms with Gasteiger partial charge in [-0.3, -0.25) is 4.57 Å². The van der Waals surface area contributed by atoms with Crippen LogP contribution in [0.3, 0.4) is 0 Å². The highest BCUT2D eigenvalue weighted by molar-refractivity contribution is 7.51. The lowest BCUT2D eigenvalue weighted by molar-refractivity contribution is -0.309. The van der Waals surface area contributed by atoms with Gasteiger partial charge in [0.1, 0.15) is 0 Å². The fourth-order valence-electron chi connectivity index (χ4n) is 1.68. The molecule has 14 heavy (non-hydrogen) atoms. The van der Waals surface area contributed by atoms with Gasteiger partial charge in [0.15, 0.2) is 0 Å². The second kappa shape index (κ2) is 4.40. The highest BCUT2D eigenvalue weighted by atomic mass is 31.2. The number of hydrogen-bond donors (Lipinski definition) is 3. The molecule has 1 aliphatic heterocycles. The van der Waals surface area contributed by atoms with Gasteiger partial charge in [0.2, 0.25) is 0 Å². The lowest BCUT2D eigenvalue weighted by atomic mass is 9.94. The van der Waals surface area contributed by atoms with Crippen molar-refractivity contribution in [3.63, 3.8) is 0 Å². The second-order valence-corrected chi connectivity index (χ2v) is 5.26. The molecule has 0 amide bonds. The van der Waals surface area contributed by atoms with Gasteiger partial charge in [0.25, 0.3) is 0 Å². The van der Waals surface area contributed by atoms with Crippen molar-refractivity contribution in [3.05, 3.63) is 0 Å². The third-order valence-corrected chi connectivity index (χ3v) is 3.28. The Morgan fingerprint density at radius 2 is 2.21 bits per heavy atom. The van der Waals surface area contributed by atoms with Gasteiger partial charge in [0.05, 0.1) is 12.1 Å². The molecule has 0 unspecified atom stereocenters. The Kier molecular flexibility index (Phi) is 3.66. The Morgan fingerprint density at radius 3 is 2.71 bits per heavy atom. The van der Waals surface area contributed by atoms with Crippen LogP contribution in [0.15, 0.2) is 0 Å². The maximum atomic E-state index is 10.7. The van der Waals surface area contributed by atoms with E-state index in [9.17, 15) is 14.5 Å². The van der Waals surface area contributed by atoms with Crippen molar-refractivity contribution >= 4 is 13.6 Å². The van der Waals surface area contributed by atoms with Crippen LogP contribution < -0.4 is 10.4 Å². The monoisotopic (exact) mass is 222 g/mol. The molecule has 3 N–H and O–H groups in total. The van der Waals surface area contributed by atoms with E-state index in [1.54, 1.807) is 0 Å². The normalized spacial score (nSPS) is 28.7. The molecule has 0 saturated carbocycles. The van der Waals surface area contributed by atoms with E-state index in [4.69, 9.17) is 9.79 Å². The number of rotatable bonds is 3. The molecule has 1 saturated heterocycles. The fraction of sp³-hybridized carbons (Fsp3) is 0.857. The molecule has 0 spiro atoms. The van der Waals surface area contributed by atoms with Gasteiger partial charge in [-0.15, -0.1) is 0 Å². The average molecular weight is 222 g/mol. The zero-order valence-corrected chi connectivity index (χ0v) is 8.44. The van der Waals surface area contributed by atoms with Crippen LogP contribution in [-0.2, 0) is 9.36 Å². The van der Waals surface area contributed by atoms with E-state index in [0.29, 0.717) is 13.0 Å². The fourth-order valence-corrected chi connectivity index (χ4v) is 2.68. The SMILES string of the molecule is O=C([O-])[C@@H]1C[C@H](CP(=O)(O)O)CCN1. The van der Waals surface area contributed by atoms with Gasteiger partial charge in [0, 0.05) is 6.04 Å². The Hall–Kier alpha value is -0.420. The van der Waals surface area contributed by atoms with Crippen LogP contribution in [0, 0.1) is 5.92 Å². The van der Waals surface area contributed by atoms with Crippen LogP contribution in [0.2, 0.25) is 0 Å². The predicted molar refractivity (Wildman–Crippen MR) is 46.4 cm³/mol. The number of piperidine rings is 1. The standard InChI is InChI=1S/C7H14NO5P/c9-7(10)6-3-5(1-2-8-6)4-14(11,12)13/h5-6,8H,1-4H2,(H,9,10)(H2,11,12,13)/p-1/t5-,6+/m1/s1. The molecule has 1 fully saturated rings. The molecule has 82 valence electrons. The van der Waals surface area contributed by atoms with Crippen molar-refractivity contribution in [2.45, 2.75) is 18.9 Å². The summed E-state index contributed by atoms with van der Waals surface area (Å²) < 4.78 is 10.7. The molecule has 6 nitrogen and oxygen atoms in total. The molecule has 0 aromatic carbocycles. The van der Waals surface area contributed by atoms with Crippen LogP contribution in [0.25, 0.3) is 0 Å². The average Bonchev–Trinajstić information content (AvgIpc) is 2.01. The Labute approximate surface area is 81.5 Å². The molecule has 2 atom stereocenters. The first-order chi connectivity index (χ1) is 6.38. The minimum absolute atomic E-state index is 0.230. The Bertz CT molecular complexity index is 263. The molecule has 0 bridgehead atoms. The smallest absolute Gasteiger partial charge is 0.325 e. The first-order valence-electron chi connectivity index (χ1n) is 4.37. The second-order valence-electron chi connectivity index (χ2n) is 3.56. The van der Waals surface area contributed by atoms with Crippen molar-refractivity contribution in [3.8, 4) is 0 Å². The number of hydrogen-bond acceptors (Lipinski definition) is 4. The maximum absolute atomic E-state index is 10.7. The highest BCUT2D eigenvalue weighted by Crippen LogP contribution is 2.39. The van der Waals surface area contributed by atoms with Crippen LogP contribution >= 0.6 is 7.60 Å². The summed E-state index contributed by atoms with van der Waals surface area (Å²) in [6.45, 7) is 0.462. The molecule has 1 aliphatic rings. The van der Waals surface area contributed by atoms with E-state index in [0.717, 1.165) is 0 Å². The first kappa shape index (κ1) is 11.7. The van der Waals surface area contributed by atoms with Crippen LogP contribution in [0.5, 0.6) is 0 Å². The maximum Gasteiger partial charge on any atom is 0.325 e. The zero-order valence-electron chi connectivity index (χ0n) is 7.55. The van der Waals surface area contributed by atoms with Crippen molar-refractivity contribution < 1.29 is 24.3 Å². The van der Waals surface area contributed by atoms with Crippen LogP contribution in [0.4, 0.5) is 0 Å². The Balaban J connectivity index is 2.48. The molecule has 1 heterocycles. The zero-order chi connectivity index (χ0) is 10.8. The summed E-state index contributed by atoms with van der Waals surface area (Å²) in [5.41, 5.74) is 0. The lowest BCUT2D eigenvalue weighted by Crippen LogP contribution is -2.50. The quantitative estimate of drug-likeness (QED) is 0.490. The third kappa shape index (κ3) is 3.75. The van der Waals surface area contributed by atoms with Gasteiger partial charge in [-0.1, -0.05) is 0 Å². The van der Waals surface area contributed by atoms with Crippen LogP contribution in [-0.4, -0.2) is 34.5 Å². The summed E-state index contributed by atoms with van der Waals surface area (Å²) >= 11 is 0. The minimum atomic E-state index is -4.03. The van der Waals surface area contributed by atoms with Crippen molar-refractivity contribution in [2.75, 3.05) is 12.7 Å². The molecule has 0 radical (unpaired) electrons. The Morgan fingerprint density at radius 1 is 1.57 bits per heavy atom. The van der Waals surface area contributed by atoms with E-state index >= 15 is 0 Å². The topological polar surface area (TPSA) is 110 Å². The number of carbonyl (C=O) groups excluding carboxylic acids is 1. The molecule has 0 aliphatic carbocycles. The number of aliphatic carboxylic acids is 1. The van der Waals surface area contributed by atoms with E-state index in [1.165, 1.54) is 0 Å². The van der Waals surface area contributed by atoms with Gasteiger partial charge in [-0.05, 0) is 25.3 Å². The summed E-state index contributed by atoms with van der Waals surface area (Å²) in [5.74, 6) is -1.44. The van der Waals surface area contributed by atoms with Gasteiger partial charge < -0.3 is 25.0 Å². The molecular weight excluding hydrogens is 209 g/mol. The van der Waals surface area contributed by atoms with Gasteiger partial charge >= 0.3 is 7.60 Å². The summed E-state index contributed by atoms with van der Waals surface area (Å²) in [7, 11) is -4.03. The van der Waals surface area contributed by atoms with E-state index in [1.807, 2.05) is 0 Å². The first-order valence-corrected chi connectivity index (χ1v) is 6.17. The molecule has 7 heteroatoms. The number of nitrogens with one attached hydrogen (secondary N) is 1.